The molecule has 28 heavy (non-hydrogen) atoms. The van der Waals surface area contributed by atoms with E-state index in [1.54, 1.807) is 17.0 Å². The van der Waals surface area contributed by atoms with Gasteiger partial charge < -0.3 is 9.64 Å². The predicted octanol–water partition coefficient (Wildman–Crippen LogP) is 4.05. The Kier molecular flexibility index (Phi) is 5.70. The van der Waals surface area contributed by atoms with Gasteiger partial charge in [0.2, 0.25) is 5.91 Å². The summed E-state index contributed by atoms with van der Waals surface area (Å²) < 4.78 is 5.76. The van der Waals surface area contributed by atoms with E-state index < -0.39 is 5.97 Å². The van der Waals surface area contributed by atoms with E-state index in [1.165, 1.54) is 17.7 Å². The molecule has 1 amide bonds. The van der Waals surface area contributed by atoms with Crippen LogP contribution in [0.4, 0.5) is 5.69 Å². The molecule has 0 bridgehead atoms. The minimum Gasteiger partial charge on any atom is -0.493 e. The fourth-order valence-corrected chi connectivity index (χ4v) is 3.24. The lowest BCUT2D eigenvalue weighted by molar-refractivity contribution is -0.182. The van der Waals surface area contributed by atoms with Crippen LogP contribution < -0.4 is 9.64 Å². The van der Waals surface area contributed by atoms with Gasteiger partial charge in [-0.3, -0.25) is 9.68 Å². The summed E-state index contributed by atoms with van der Waals surface area (Å²) in [5.74, 6) is -0.0361. The highest BCUT2D eigenvalue weighted by atomic mass is 17.1. The van der Waals surface area contributed by atoms with Crippen molar-refractivity contribution in [2.45, 2.75) is 32.6 Å². The lowest BCUT2D eigenvalue weighted by atomic mass is 9.87. The number of hydrogen-bond acceptors (Lipinski definition) is 5. The van der Waals surface area contributed by atoms with Crippen LogP contribution in [0.5, 0.6) is 5.75 Å². The monoisotopic (exact) mass is 383 g/mol. The van der Waals surface area contributed by atoms with E-state index in [0.29, 0.717) is 25.3 Å². The Hall–Kier alpha value is -2.86. The van der Waals surface area contributed by atoms with Gasteiger partial charge in [0, 0.05) is 24.6 Å². The average Bonchev–Trinajstić information content (AvgIpc) is 3.06. The van der Waals surface area contributed by atoms with Gasteiger partial charge in [-0.2, -0.15) is 5.26 Å². The zero-order valence-electron chi connectivity index (χ0n) is 16.3. The predicted molar refractivity (Wildman–Crippen MR) is 106 cm³/mol. The van der Waals surface area contributed by atoms with Crippen molar-refractivity contribution in [1.29, 1.82) is 0 Å². The molecular formula is C22H25NO5. The molecule has 1 saturated heterocycles. The third-order valence-electron chi connectivity index (χ3n) is 4.91. The molecule has 1 aliphatic heterocycles. The first-order valence-electron chi connectivity index (χ1n) is 9.27. The largest absolute Gasteiger partial charge is 0.493 e. The molecule has 0 spiro atoms. The van der Waals surface area contributed by atoms with Gasteiger partial charge in [0.05, 0.1) is 12.2 Å². The molecule has 2 aromatic rings. The summed E-state index contributed by atoms with van der Waals surface area (Å²) in [6.07, 6.45) is 0.440. The number of nitrogens with zero attached hydrogens (tertiary/aromatic N) is 1. The van der Waals surface area contributed by atoms with Gasteiger partial charge in [-0.05, 0) is 47.4 Å². The summed E-state index contributed by atoms with van der Waals surface area (Å²) in [5.41, 5.74) is 2.45. The second-order valence-corrected chi connectivity index (χ2v) is 8.09. The third kappa shape index (κ3) is 4.51. The molecule has 0 aromatic heterocycles. The Morgan fingerprint density at radius 3 is 2.32 bits per heavy atom. The zero-order valence-corrected chi connectivity index (χ0v) is 16.3. The molecule has 1 N–H and O–H groups in total. The van der Waals surface area contributed by atoms with E-state index >= 15 is 0 Å². The number of ether oxygens (including phenoxy) is 1. The molecule has 1 aliphatic rings. The van der Waals surface area contributed by atoms with E-state index in [0.717, 1.165) is 5.69 Å². The van der Waals surface area contributed by atoms with E-state index in [4.69, 9.17) is 9.99 Å². The molecule has 6 nitrogen and oxygen atoms in total. The quantitative estimate of drug-likeness (QED) is 0.623. The number of benzene rings is 2. The summed E-state index contributed by atoms with van der Waals surface area (Å²) in [6.45, 7) is 7.51. The van der Waals surface area contributed by atoms with Gasteiger partial charge >= 0.3 is 5.97 Å². The molecule has 0 saturated carbocycles. The Morgan fingerprint density at radius 2 is 1.75 bits per heavy atom. The van der Waals surface area contributed by atoms with Crippen molar-refractivity contribution in [1.82, 2.24) is 0 Å². The maximum atomic E-state index is 12.4. The Morgan fingerprint density at radius 1 is 1.11 bits per heavy atom. The van der Waals surface area contributed by atoms with E-state index in [1.807, 2.05) is 12.1 Å². The van der Waals surface area contributed by atoms with Gasteiger partial charge in [0.15, 0.2) is 0 Å². The first-order valence-corrected chi connectivity index (χ1v) is 9.27. The van der Waals surface area contributed by atoms with Gasteiger partial charge in [-0.15, -0.1) is 0 Å². The summed E-state index contributed by atoms with van der Waals surface area (Å²) in [5, 5.41) is 8.39. The molecule has 0 radical (unpaired) electrons. The van der Waals surface area contributed by atoms with Gasteiger partial charge in [0.1, 0.15) is 5.75 Å². The van der Waals surface area contributed by atoms with Crippen LogP contribution in [0.25, 0.3) is 0 Å². The lowest BCUT2D eigenvalue weighted by Crippen LogP contribution is -2.25. The van der Waals surface area contributed by atoms with Crippen molar-refractivity contribution in [3.05, 3.63) is 59.7 Å². The molecule has 1 heterocycles. The smallest absolute Gasteiger partial charge is 0.372 e. The molecule has 2 aromatic carbocycles. The lowest BCUT2D eigenvalue weighted by Gasteiger charge is -2.21. The Balaban J connectivity index is 1.58. The Labute approximate surface area is 164 Å². The van der Waals surface area contributed by atoms with Gasteiger partial charge in [-0.25, -0.2) is 4.79 Å². The topological polar surface area (TPSA) is 76.1 Å². The van der Waals surface area contributed by atoms with Crippen LogP contribution in [0.2, 0.25) is 0 Å². The van der Waals surface area contributed by atoms with Crippen LogP contribution in [0.3, 0.4) is 0 Å². The second-order valence-electron chi connectivity index (χ2n) is 8.09. The van der Waals surface area contributed by atoms with Crippen molar-refractivity contribution < 1.29 is 24.5 Å². The summed E-state index contributed by atoms with van der Waals surface area (Å²) >= 11 is 0. The highest BCUT2D eigenvalue weighted by molar-refractivity contribution is 5.95. The number of carbonyl (C=O) groups excluding carboxylic acids is 2. The first-order chi connectivity index (χ1) is 13.3. The van der Waals surface area contributed by atoms with Crippen LogP contribution in [0, 0.1) is 5.92 Å². The maximum absolute atomic E-state index is 12.4. The van der Waals surface area contributed by atoms with Crippen LogP contribution in [0.15, 0.2) is 48.5 Å². The number of carbonyl (C=O) groups is 2. The van der Waals surface area contributed by atoms with Crippen LogP contribution in [-0.4, -0.2) is 30.3 Å². The zero-order chi connectivity index (χ0) is 20.3. The summed E-state index contributed by atoms with van der Waals surface area (Å²) in [6, 6.07) is 14.4. The van der Waals surface area contributed by atoms with E-state index in [9.17, 15) is 9.59 Å². The molecule has 0 aliphatic carbocycles. The van der Waals surface area contributed by atoms with Crippen LogP contribution in [0.1, 0.15) is 43.1 Å². The first kappa shape index (κ1) is 19.9. The highest BCUT2D eigenvalue weighted by Crippen LogP contribution is 2.29. The summed E-state index contributed by atoms with van der Waals surface area (Å²) in [4.78, 5) is 29.1. The Bertz CT molecular complexity index is 837. The molecule has 1 fully saturated rings. The summed E-state index contributed by atoms with van der Waals surface area (Å²) in [7, 11) is 0. The van der Waals surface area contributed by atoms with Crippen molar-refractivity contribution in [3.8, 4) is 5.75 Å². The van der Waals surface area contributed by atoms with Crippen molar-refractivity contribution >= 4 is 17.6 Å². The fraction of sp³-hybridized carbons (Fsp3) is 0.364. The minimum atomic E-state index is -0.818. The minimum absolute atomic E-state index is 0.0768. The van der Waals surface area contributed by atoms with E-state index in [-0.39, 0.29) is 22.8 Å². The maximum Gasteiger partial charge on any atom is 0.372 e. The third-order valence-corrected chi connectivity index (χ3v) is 4.91. The highest BCUT2D eigenvalue weighted by Gasteiger charge is 2.31. The van der Waals surface area contributed by atoms with Gasteiger partial charge in [0.25, 0.3) is 0 Å². The standard InChI is InChI=1S/C22H25NO5/c1-22(2,3)17-6-8-18(9-7-17)23-13-15(12-20(23)24)14-27-19-10-4-16(5-11-19)21(25)28-26/h4-11,15,26H,12-14H2,1-3H3/t15-/m0/s1. The van der Waals surface area contributed by atoms with E-state index in [2.05, 4.69) is 37.8 Å². The van der Waals surface area contributed by atoms with Crippen LogP contribution >= 0.6 is 0 Å². The number of amides is 1. The number of rotatable bonds is 5. The second kappa shape index (κ2) is 8.02. The molecule has 3 rings (SSSR count). The molecule has 1 atom stereocenters. The normalized spacial score (nSPS) is 16.9. The SMILES string of the molecule is CC(C)(C)c1ccc(N2C[C@@H](COc3ccc(C(=O)OO)cc3)CC2=O)cc1. The average molecular weight is 383 g/mol. The number of anilines is 1. The number of hydrogen-bond donors (Lipinski definition) is 1. The fourth-order valence-electron chi connectivity index (χ4n) is 3.24. The van der Waals surface area contributed by atoms with Crippen molar-refractivity contribution in [3.63, 3.8) is 0 Å². The molecule has 0 unspecified atom stereocenters. The molecule has 6 heteroatoms. The van der Waals surface area contributed by atoms with Crippen molar-refractivity contribution in [2.75, 3.05) is 18.1 Å². The molecular weight excluding hydrogens is 358 g/mol. The molecule has 148 valence electrons. The van der Waals surface area contributed by atoms with Gasteiger partial charge in [-0.1, -0.05) is 32.9 Å². The van der Waals surface area contributed by atoms with Crippen molar-refractivity contribution in [2.24, 2.45) is 5.92 Å². The van der Waals surface area contributed by atoms with Crippen LogP contribution in [-0.2, 0) is 15.1 Å².